The maximum Gasteiger partial charge on any atom is 0.326 e. The Morgan fingerprint density at radius 3 is 2.41 bits per heavy atom. The van der Waals surface area contributed by atoms with E-state index in [1.807, 2.05) is 19.9 Å². The molecular formula is C19H27N3O5. The third-order valence-electron chi connectivity index (χ3n) is 3.84. The van der Waals surface area contributed by atoms with Gasteiger partial charge in [-0.15, -0.1) is 0 Å². The highest BCUT2D eigenvalue weighted by Crippen LogP contribution is 2.08. The molecule has 0 unspecified atom stereocenters. The van der Waals surface area contributed by atoms with Crippen LogP contribution < -0.4 is 16.0 Å². The predicted octanol–water partition coefficient (Wildman–Crippen LogP) is 0.711. The van der Waals surface area contributed by atoms with E-state index in [4.69, 9.17) is 5.11 Å². The summed E-state index contributed by atoms with van der Waals surface area (Å²) in [7, 11) is 1.55. The highest BCUT2D eigenvalue weighted by Gasteiger charge is 2.21. The number of benzene rings is 1. The Labute approximate surface area is 158 Å². The molecular weight excluding hydrogens is 350 g/mol. The molecule has 0 fully saturated rings. The SMILES string of the molecule is CNC(=O)c1cccc(CCC(=O)NCC(=O)N[C@@H](CC(C)C)C(=O)O)c1. The van der Waals surface area contributed by atoms with Crippen molar-refractivity contribution in [1.29, 1.82) is 0 Å². The van der Waals surface area contributed by atoms with E-state index < -0.39 is 17.9 Å². The number of carbonyl (C=O) groups excluding carboxylic acids is 3. The van der Waals surface area contributed by atoms with Crippen molar-refractivity contribution in [2.45, 2.75) is 39.2 Å². The number of amides is 3. The monoisotopic (exact) mass is 377 g/mol. The molecule has 0 bridgehead atoms. The smallest absolute Gasteiger partial charge is 0.326 e. The normalized spacial score (nSPS) is 11.6. The Morgan fingerprint density at radius 1 is 1.11 bits per heavy atom. The largest absolute Gasteiger partial charge is 0.480 e. The van der Waals surface area contributed by atoms with Crippen molar-refractivity contribution in [1.82, 2.24) is 16.0 Å². The maximum atomic E-state index is 11.9. The van der Waals surface area contributed by atoms with Gasteiger partial charge in [0.25, 0.3) is 5.91 Å². The molecule has 8 nitrogen and oxygen atoms in total. The summed E-state index contributed by atoms with van der Waals surface area (Å²) in [6.45, 7) is 3.45. The molecule has 0 aliphatic rings. The standard InChI is InChI=1S/C19H27N3O5/c1-12(2)9-15(19(26)27)22-17(24)11-21-16(23)8-7-13-5-4-6-14(10-13)18(25)20-3/h4-6,10,12,15H,7-9,11H2,1-3H3,(H,20,25)(H,21,23)(H,22,24)(H,26,27)/t15-/m0/s1. The minimum atomic E-state index is -1.10. The fourth-order valence-corrected chi connectivity index (χ4v) is 2.48. The summed E-state index contributed by atoms with van der Waals surface area (Å²) in [4.78, 5) is 46.5. The van der Waals surface area contributed by atoms with Gasteiger partial charge in [0.1, 0.15) is 6.04 Å². The van der Waals surface area contributed by atoms with Gasteiger partial charge in [0, 0.05) is 19.0 Å². The average molecular weight is 377 g/mol. The lowest BCUT2D eigenvalue weighted by Crippen LogP contribution is -2.46. The van der Waals surface area contributed by atoms with Crippen LogP contribution >= 0.6 is 0 Å². The van der Waals surface area contributed by atoms with Gasteiger partial charge in [0.2, 0.25) is 11.8 Å². The molecule has 0 aliphatic heterocycles. The summed E-state index contributed by atoms with van der Waals surface area (Å²) in [6.07, 6.45) is 0.888. The quantitative estimate of drug-likeness (QED) is 0.478. The Bertz CT molecular complexity index is 688. The van der Waals surface area contributed by atoms with Crippen LogP contribution in [0, 0.1) is 5.92 Å². The summed E-state index contributed by atoms with van der Waals surface area (Å²) in [5.41, 5.74) is 1.35. The van der Waals surface area contributed by atoms with Gasteiger partial charge in [-0.2, -0.15) is 0 Å². The van der Waals surface area contributed by atoms with Gasteiger partial charge < -0.3 is 21.1 Å². The number of nitrogens with one attached hydrogen (secondary N) is 3. The van der Waals surface area contributed by atoms with E-state index in [2.05, 4.69) is 16.0 Å². The first kappa shape index (κ1) is 22.1. The third kappa shape index (κ3) is 8.35. The van der Waals surface area contributed by atoms with Crippen molar-refractivity contribution < 1.29 is 24.3 Å². The van der Waals surface area contributed by atoms with Crippen molar-refractivity contribution in [3.8, 4) is 0 Å². The number of carboxylic acids is 1. The lowest BCUT2D eigenvalue weighted by molar-refractivity contribution is -0.142. The molecule has 1 aromatic carbocycles. The van der Waals surface area contributed by atoms with Crippen molar-refractivity contribution >= 4 is 23.7 Å². The van der Waals surface area contributed by atoms with E-state index in [9.17, 15) is 19.2 Å². The van der Waals surface area contributed by atoms with Crippen molar-refractivity contribution in [2.75, 3.05) is 13.6 Å². The molecule has 0 heterocycles. The highest BCUT2D eigenvalue weighted by atomic mass is 16.4. The summed E-state index contributed by atoms with van der Waals surface area (Å²) in [5, 5.41) is 16.5. The van der Waals surface area contributed by atoms with Crippen molar-refractivity contribution in [3.63, 3.8) is 0 Å². The van der Waals surface area contributed by atoms with Crippen LogP contribution in [0.2, 0.25) is 0 Å². The Hall–Kier alpha value is -2.90. The molecule has 0 aliphatic carbocycles. The molecule has 1 atom stereocenters. The number of aryl methyl sites for hydroxylation is 1. The number of carboxylic acid groups (broad SMARTS) is 1. The summed E-state index contributed by atoms with van der Waals surface area (Å²) >= 11 is 0. The molecule has 0 aromatic heterocycles. The summed E-state index contributed by atoms with van der Waals surface area (Å²) in [6, 6.07) is 5.98. The van der Waals surface area contributed by atoms with E-state index in [-0.39, 0.29) is 30.7 Å². The fraction of sp³-hybridized carbons (Fsp3) is 0.474. The van der Waals surface area contributed by atoms with Gasteiger partial charge in [-0.05, 0) is 36.5 Å². The van der Waals surface area contributed by atoms with Crippen LogP contribution in [0.3, 0.4) is 0 Å². The van der Waals surface area contributed by atoms with Crippen molar-refractivity contribution in [3.05, 3.63) is 35.4 Å². The minimum absolute atomic E-state index is 0.117. The van der Waals surface area contributed by atoms with Crippen LogP contribution in [0.15, 0.2) is 24.3 Å². The van der Waals surface area contributed by atoms with E-state index in [0.717, 1.165) is 5.56 Å². The van der Waals surface area contributed by atoms with E-state index in [0.29, 0.717) is 18.4 Å². The first-order chi connectivity index (χ1) is 12.7. The molecule has 0 spiro atoms. The van der Waals surface area contributed by atoms with Gasteiger partial charge >= 0.3 is 5.97 Å². The topological polar surface area (TPSA) is 125 Å². The molecule has 0 saturated heterocycles. The average Bonchev–Trinajstić information content (AvgIpc) is 2.63. The Morgan fingerprint density at radius 2 is 1.81 bits per heavy atom. The molecule has 1 rings (SSSR count). The zero-order valence-corrected chi connectivity index (χ0v) is 15.9. The lowest BCUT2D eigenvalue weighted by Gasteiger charge is -2.16. The molecule has 148 valence electrons. The zero-order valence-electron chi connectivity index (χ0n) is 15.9. The van der Waals surface area contributed by atoms with Gasteiger partial charge in [0.05, 0.1) is 6.54 Å². The Kier molecular flexibility index (Phi) is 8.98. The first-order valence-corrected chi connectivity index (χ1v) is 8.82. The summed E-state index contributed by atoms with van der Waals surface area (Å²) in [5.74, 6) is -2.05. The third-order valence-corrected chi connectivity index (χ3v) is 3.84. The Balaban J connectivity index is 2.43. The van der Waals surface area contributed by atoms with Crippen LogP contribution in [0.5, 0.6) is 0 Å². The molecule has 27 heavy (non-hydrogen) atoms. The van der Waals surface area contributed by atoms with Gasteiger partial charge in [-0.25, -0.2) is 4.79 Å². The second-order valence-electron chi connectivity index (χ2n) is 6.64. The summed E-state index contributed by atoms with van der Waals surface area (Å²) < 4.78 is 0. The van der Waals surface area contributed by atoms with Crippen molar-refractivity contribution in [2.24, 2.45) is 5.92 Å². The van der Waals surface area contributed by atoms with Crippen LogP contribution in [-0.4, -0.2) is 48.4 Å². The van der Waals surface area contributed by atoms with E-state index in [1.54, 1.807) is 25.2 Å². The van der Waals surface area contributed by atoms with Gasteiger partial charge in [0.15, 0.2) is 0 Å². The highest BCUT2D eigenvalue weighted by molar-refractivity contribution is 5.94. The number of rotatable bonds is 10. The van der Waals surface area contributed by atoms with Crippen LogP contribution in [0.25, 0.3) is 0 Å². The number of hydrogen-bond acceptors (Lipinski definition) is 4. The fourth-order valence-electron chi connectivity index (χ4n) is 2.48. The zero-order chi connectivity index (χ0) is 20.4. The molecule has 0 saturated carbocycles. The second kappa shape index (κ2) is 10.9. The maximum absolute atomic E-state index is 11.9. The van der Waals surface area contributed by atoms with Crippen LogP contribution in [0.4, 0.5) is 0 Å². The van der Waals surface area contributed by atoms with Crippen LogP contribution in [-0.2, 0) is 20.8 Å². The predicted molar refractivity (Wildman–Crippen MR) is 100 cm³/mol. The number of hydrogen-bond donors (Lipinski definition) is 4. The molecule has 1 aromatic rings. The number of carbonyl (C=O) groups is 4. The second-order valence-corrected chi connectivity index (χ2v) is 6.64. The molecule has 0 radical (unpaired) electrons. The molecule has 8 heteroatoms. The van der Waals surface area contributed by atoms with Gasteiger partial charge in [-0.1, -0.05) is 26.0 Å². The van der Waals surface area contributed by atoms with E-state index >= 15 is 0 Å². The van der Waals surface area contributed by atoms with E-state index in [1.165, 1.54) is 0 Å². The first-order valence-electron chi connectivity index (χ1n) is 8.82. The minimum Gasteiger partial charge on any atom is -0.480 e. The van der Waals surface area contributed by atoms with Crippen LogP contribution in [0.1, 0.15) is 42.6 Å². The molecule has 3 amide bonds. The number of aliphatic carboxylic acids is 1. The van der Waals surface area contributed by atoms with Gasteiger partial charge in [-0.3, -0.25) is 14.4 Å². The lowest BCUT2D eigenvalue weighted by atomic mass is 10.0. The molecule has 4 N–H and O–H groups in total.